The first-order valence-electron chi connectivity index (χ1n) is 2.72. The van der Waals surface area contributed by atoms with E-state index in [0.29, 0.717) is 5.56 Å². The van der Waals surface area contributed by atoms with E-state index in [4.69, 9.17) is 11.6 Å². The van der Waals surface area contributed by atoms with Crippen LogP contribution in [-0.4, -0.2) is 0 Å². The number of hydrogen-bond acceptors (Lipinski definition) is 0. The van der Waals surface area contributed by atoms with Gasteiger partial charge in [0.25, 0.3) is 0 Å². The lowest BCUT2D eigenvalue weighted by Crippen LogP contribution is -1.84. The zero-order valence-electron chi connectivity index (χ0n) is 5.29. The van der Waals surface area contributed by atoms with Crippen LogP contribution in [0.4, 0.5) is 4.39 Å². The van der Waals surface area contributed by atoms with Gasteiger partial charge < -0.3 is 0 Å². The second-order valence-electron chi connectivity index (χ2n) is 2.02. The predicted octanol–water partition coefficient (Wildman–Crippen LogP) is 3.39. The first kappa shape index (κ1) is 8.27. The van der Waals surface area contributed by atoms with E-state index in [-0.39, 0.29) is 10.8 Å². The van der Waals surface area contributed by atoms with E-state index in [1.165, 1.54) is 0 Å². The summed E-state index contributed by atoms with van der Waals surface area (Å²) in [6.07, 6.45) is 0. The minimum absolute atomic E-state index is 0.199. The van der Waals surface area contributed by atoms with E-state index < -0.39 is 0 Å². The maximum Gasteiger partial charge on any atom is 0.144 e. The lowest BCUT2D eigenvalue weighted by Gasteiger charge is -1.98. The summed E-state index contributed by atoms with van der Waals surface area (Å²) < 4.78 is 13.7. The highest BCUT2D eigenvalue weighted by molar-refractivity contribution is 14.1. The van der Waals surface area contributed by atoms with Crippen molar-refractivity contribution in [2.45, 2.75) is 6.92 Å². The van der Waals surface area contributed by atoms with Gasteiger partial charge in [-0.05, 0) is 47.2 Å². The van der Waals surface area contributed by atoms with Crippen molar-refractivity contribution in [3.05, 3.63) is 32.1 Å². The van der Waals surface area contributed by atoms with Crippen LogP contribution in [0.3, 0.4) is 0 Å². The monoisotopic (exact) mass is 270 g/mol. The molecular formula is C7H5ClFI. The molecule has 0 aliphatic heterocycles. The molecule has 0 bridgehead atoms. The summed E-state index contributed by atoms with van der Waals surface area (Å²) in [5.41, 5.74) is 0.594. The third-order valence-corrected chi connectivity index (χ3v) is 2.07. The first-order valence-corrected chi connectivity index (χ1v) is 4.18. The van der Waals surface area contributed by atoms with Crippen molar-refractivity contribution in [2.24, 2.45) is 0 Å². The van der Waals surface area contributed by atoms with Crippen LogP contribution in [0.25, 0.3) is 0 Å². The minimum atomic E-state index is -0.318. The molecule has 0 aliphatic carbocycles. The van der Waals surface area contributed by atoms with Gasteiger partial charge in [0, 0.05) is 3.57 Å². The lowest BCUT2D eigenvalue weighted by atomic mass is 10.2. The van der Waals surface area contributed by atoms with Gasteiger partial charge in [0.15, 0.2) is 0 Å². The van der Waals surface area contributed by atoms with E-state index in [1.807, 2.05) is 0 Å². The molecule has 0 heterocycles. The zero-order chi connectivity index (χ0) is 7.72. The fourth-order valence-corrected chi connectivity index (χ4v) is 1.91. The smallest absolute Gasteiger partial charge is 0.144 e. The highest BCUT2D eigenvalue weighted by Crippen LogP contribution is 2.20. The third kappa shape index (κ3) is 1.61. The Morgan fingerprint density at radius 1 is 1.50 bits per heavy atom. The third-order valence-electron chi connectivity index (χ3n) is 1.17. The van der Waals surface area contributed by atoms with Gasteiger partial charge in [-0.3, -0.25) is 0 Å². The second kappa shape index (κ2) is 3.05. The Morgan fingerprint density at radius 3 is 2.60 bits per heavy atom. The van der Waals surface area contributed by atoms with Gasteiger partial charge >= 0.3 is 0 Å². The minimum Gasteiger partial charge on any atom is -0.205 e. The molecule has 0 amide bonds. The van der Waals surface area contributed by atoms with Gasteiger partial charge in [-0.15, -0.1) is 0 Å². The van der Waals surface area contributed by atoms with Crippen LogP contribution >= 0.6 is 34.2 Å². The van der Waals surface area contributed by atoms with Gasteiger partial charge in [0.05, 0.1) is 5.02 Å². The summed E-state index contributed by atoms with van der Waals surface area (Å²) >= 11 is 7.64. The molecule has 1 aromatic rings. The molecule has 1 rings (SSSR count). The highest BCUT2D eigenvalue weighted by atomic mass is 127. The topological polar surface area (TPSA) is 0 Å². The number of hydrogen-bond donors (Lipinski definition) is 0. The predicted molar refractivity (Wildman–Crippen MR) is 48.9 cm³/mol. The van der Waals surface area contributed by atoms with Crippen molar-refractivity contribution >= 4 is 34.2 Å². The standard InChI is InChI=1S/C7H5ClFI/c1-4-2-5(10)3-6(8)7(4)9/h2-3H,1H3. The Morgan fingerprint density at radius 2 is 2.10 bits per heavy atom. The summed E-state index contributed by atoms with van der Waals surface area (Å²) in [6.45, 7) is 1.70. The van der Waals surface area contributed by atoms with Crippen LogP contribution in [0.1, 0.15) is 5.56 Å². The van der Waals surface area contributed by atoms with Crippen molar-refractivity contribution in [2.75, 3.05) is 0 Å². The molecule has 0 saturated carbocycles. The van der Waals surface area contributed by atoms with Crippen molar-refractivity contribution < 1.29 is 4.39 Å². The lowest BCUT2D eigenvalue weighted by molar-refractivity contribution is 0.618. The quantitative estimate of drug-likeness (QED) is 0.501. The number of rotatable bonds is 0. The maximum atomic E-state index is 12.8. The number of halogens is 3. The average Bonchev–Trinajstić information content (AvgIpc) is 1.82. The van der Waals surface area contributed by atoms with Gasteiger partial charge in [0.1, 0.15) is 5.82 Å². The SMILES string of the molecule is Cc1cc(I)cc(Cl)c1F. The van der Waals surface area contributed by atoms with Gasteiger partial charge in [0.2, 0.25) is 0 Å². The summed E-state index contributed by atoms with van der Waals surface area (Å²) in [5.74, 6) is -0.318. The molecule has 0 unspecified atom stereocenters. The molecule has 0 radical (unpaired) electrons. The van der Waals surface area contributed by atoms with Crippen molar-refractivity contribution in [1.29, 1.82) is 0 Å². The Balaban J connectivity index is 3.31. The summed E-state index contributed by atoms with van der Waals surface area (Å²) in [6, 6.07) is 3.35. The number of benzene rings is 1. The molecule has 3 heteroatoms. The van der Waals surface area contributed by atoms with E-state index in [0.717, 1.165) is 3.57 Å². The molecule has 0 aliphatic rings. The Bertz CT molecular complexity index is 237. The molecule has 54 valence electrons. The molecule has 0 N–H and O–H groups in total. The van der Waals surface area contributed by atoms with E-state index >= 15 is 0 Å². The molecular weight excluding hydrogens is 265 g/mol. The van der Waals surface area contributed by atoms with Crippen molar-refractivity contribution in [3.63, 3.8) is 0 Å². The van der Waals surface area contributed by atoms with Gasteiger partial charge in [-0.25, -0.2) is 4.39 Å². The van der Waals surface area contributed by atoms with E-state index in [9.17, 15) is 4.39 Å². The highest BCUT2D eigenvalue weighted by Gasteiger charge is 2.02. The molecule has 0 atom stereocenters. The van der Waals surface area contributed by atoms with Crippen molar-refractivity contribution in [3.8, 4) is 0 Å². The van der Waals surface area contributed by atoms with Crippen LogP contribution in [-0.2, 0) is 0 Å². The largest absolute Gasteiger partial charge is 0.205 e. The number of aryl methyl sites for hydroxylation is 1. The van der Waals surface area contributed by atoms with Crippen LogP contribution < -0.4 is 0 Å². The molecule has 0 fully saturated rings. The fraction of sp³-hybridized carbons (Fsp3) is 0.143. The molecule has 0 nitrogen and oxygen atoms in total. The molecule has 1 aromatic carbocycles. The second-order valence-corrected chi connectivity index (χ2v) is 3.67. The average molecular weight is 270 g/mol. The van der Waals surface area contributed by atoms with Gasteiger partial charge in [-0.2, -0.15) is 0 Å². The zero-order valence-corrected chi connectivity index (χ0v) is 8.20. The summed E-state index contributed by atoms with van der Waals surface area (Å²) in [7, 11) is 0. The maximum absolute atomic E-state index is 12.8. The molecule has 0 spiro atoms. The van der Waals surface area contributed by atoms with E-state index in [1.54, 1.807) is 19.1 Å². The van der Waals surface area contributed by atoms with Gasteiger partial charge in [-0.1, -0.05) is 11.6 Å². The molecule has 0 saturated heterocycles. The van der Waals surface area contributed by atoms with E-state index in [2.05, 4.69) is 22.6 Å². The van der Waals surface area contributed by atoms with Crippen LogP contribution in [0.5, 0.6) is 0 Å². The Hall–Kier alpha value is 0.170. The fourth-order valence-electron chi connectivity index (χ4n) is 0.685. The first-order chi connectivity index (χ1) is 4.61. The summed E-state index contributed by atoms with van der Waals surface area (Å²) in [5, 5.41) is 0.199. The summed E-state index contributed by atoms with van der Waals surface area (Å²) in [4.78, 5) is 0. The molecule has 0 aromatic heterocycles. The van der Waals surface area contributed by atoms with Crippen molar-refractivity contribution in [1.82, 2.24) is 0 Å². The normalized spacial score (nSPS) is 10.0. The molecule has 10 heavy (non-hydrogen) atoms. The Kier molecular flexibility index (Phi) is 2.52. The Labute approximate surface area is 77.5 Å². The van der Waals surface area contributed by atoms with Crippen LogP contribution in [0.2, 0.25) is 5.02 Å². The van der Waals surface area contributed by atoms with Crippen LogP contribution in [0, 0.1) is 16.3 Å². The van der Waals surface area contributed by atoms with Crippen LogP contribution in [0.15, 0.2) is 12.1 Å².